The number of rotatable bonds is 2. The highest BCUT2D eigenvalue weighted by Crippen LogP contribution is 2.78. The third-order valence-electron chi connectivity index (χ3n) is 8.64. The molecule has 4 aromatic rings. The zero-order valence-electron chi connectivity index (χ0n) is 21.1. The summed E-state index contributed by atoms with van der Waals surface area (Å²) in [6.07, 6.45) is 0.344. The Balaban J connectivity index is 1.04. The van der Waals surface area contributed by atoms with E-state index in [1.165, 1.54) is 23.5 Å². The summed E-state index contributed by atoms with van der Waals surface area (Å²) in [6, 6.07) is 0. The van der Waals surface area contributed by atoms with Gasteiger partial charge in [-0.2, -0.15) is 4.98 Å². The van der Waals surface area contributed by atoms with Gasteiger partial charge in [0.2, 0.25) is 5.95 Å². The van der Waals surface area contributed by atoms with Crippen LogP contribution in [0, 0.1) is 5.92 Å². The standard InChI is InChI=1S/C21H21N10O9PS/c22-12-6-13(25-3-24-12)30(4-26-6)16-10-11-20(38-10)1-36-18-8(32)9(40-41(34,35)37-2-21(11,20)39-16)17(42-18)31-5-27-7-14(31)28-19(23)29-15(7)33/h3-5,8-11,16-18,32H,1-2H2,(H,34,35)(H2,22,24,25)(H3,23,28,29,33)/t8-,9+,10+,11+,16+,17+,18?,20?,21?/m0/s1. The van der Waals surface area contributed by atoms with E-state index in [0.29, 0.717) is 11.2 Å². The minimum absolute atomic E-state index is 0.000903. The van der Waals surface area contributed by atoms with Gasteiger partial charge in [-0.1, -0.05) is 11.8 Å². The highest BCUT2D eigenvalue weighted by Gasteiger charge is 2.95. The molecule has 4 saturated heterocycles. The Bertz CT molecular complexity index is 1920. The predicted molar refractivity (Wildman–Crippen MR) is 139 cm³/mol. The van der Waals surface area contributed by atoms with Crippen LogP contribution in [0.15, 0.2) is 23.8 Å². The SMILES string of the molecule is Nc1nc2c(ncn2[C@@H]2SC3OCC45O[C@@H]6[C@H]4C5(COP(=O)(O)O[C@@H]2[C@@H]3O)O[C@H]6n2cnc3c(N)ncnc32)c(=O)[nH]1. The number of H-pyrrole nitrogens is 1. The molecule has 4 unspecified atom stereocenters. The number of phosphoric ester groups is 1. The van der Waals surface area contributed by atoms with Gasteiger partial charge < -0.3 is 35.7 Å². The molecule has 2 spiro atoms. The molecule has 42 heavy (non-hydrogen) atoms. The number of hydrogen-bond acceptors (Lipinski definition) is 16. The number of aromatic nitrogens is 8. The summed E-state index contributed by atoms with van der Waals surface area (Å²) in [6.45, 7) is -0.345. The largest absolute Gasteiger partial charge is 0.472 e. The normalized spacial score (nSPS) is 42.2. The van der Waals surface area contributed by atoms with E-state index in [0.717, 1.165) is 11.8 Å². The van der Waals surface area contributed by atoms with Crippen LogP contribution in [-0.2, 0) is 27.8 Å². The number of nitrogen functional groups attached to an aromatic ring is 2. The maximum absolute atomic E-state index is 13.3. The van der Waals surface area contributed by atoms with Crippen molar-refractivity contribution in [2.45, 2.75) is 46.6 Å². The Hall–Kier alpha value is -3.20. The van der Waals surface area contributed by atoms with Gasteiger partial charge in [-0.25, -0.2) is 24.5 Å². The number of nitrogens with one attached hydrogen (secondary N) is 1. The molecule has 0 aromatic carbocycles. The topological polar surface area (TPSA) is 263 Å². The lowest BCUT2D eigenvalue weighted by Crippen LogP contribution is -2.53. The first-order chi connectivity index (χ1) is 20.1. The van der Waals surface area contributed by atoms with Crippen LogP contribution in [0.3, 0.4) is 0 Å². The molecule has 19 nitrogen and oxygen atoms in total. The van der Waals surface area contributed by atoms with Crippen molar-refractivity contribution in [2.75, 3.05) is 24.7 Å². The van der Waals surface area contributed by atoms with Crippen molar-refractivity contribution in [3.63, 3.8) is 0 Å². The summed E-state index contributed by atoms with van der Waals surface area (Å²) in [5.74, 6) is -0.182. The third kappa shape index (κ3) is 3.08. The van der Waals surface area contributed by atoms with Crippen LogP contribution >= 0.6 is 19.6 Å². The summed E-state index contributed by atoms with van der Waals surface area (Å²) >= 11 is 1.10. The fourth-order valence-electron chi connectivity index (χ4n) is 6.75. The van der Waals surface area contributed by atoms with Crippen molar-refractivity contribution in [1.82, 2.24) is 39.0 Å². The van der Waals surface area contributed by atoms with E-state index < -0.39 is 59.9 Å². The molecule has 10 atom stereocenters. The number of aliphatic hydroxyl groups excluding tert-OH is 1. The van der Waals surface area contributed by atoms with Gasteiger partial charge in [-0.15, -0.1) is 0 Å². The van der Waals surface area contributed by atoms with Gasteiger partial charge in [-0.05, 0) is 0 Å². The number of hydrogen-bond donors (Lipinski definition) is 5. The van der Waals surface area contributed by atoms with E-state index in [-0.39, 0.29) is 42.1 Å². The lowest BCUT2D eigenvalue weighted by Gasteiger charge is -2.42. The first-order valence-electron chi connectivity index (χ1n) is 12.7. The zero-order chi connectivity index (χ0) is 28.8. The van der Waals surface area contributed by atoms with Crippen LogP contribution in [-0.4, -0.2) is 97.2 Å². The first-order valence-corrected chi connectivity index (χ1v) is 15.2. The van der Waals surface area contributed by atoms with Gasteiger partial charge in [-0.3, -0.25) is 28.0 Å². The molecule has 2 bridgehead atoms. The molecule has 1 aliphatic carbocycles. The van der Waals surface area contributed by atoms with Gasteiger partial charge in [0.15, 0.2) is 28.9 Å². The van der Waals surface area contributed by atoms with Crippen LogP contribution < -0.4 is 17.0 Å². The second-order valence-electron chi connectivity index (χ2n) is 10.7. The number of nitrogens with zero attached hydrogens (tertiary/aromatic N) is 7. The van der Waals surface area contributed by atoms with Crippen molar-refractivity contribution in [3.05, 3.63) is 29.3 Å². The van der Waals surface area contributed by atoms with Crippen LogP contribution in [0.4, 0.5) is 11.8 Å². The Morgan fingerprint density at radius 2 is 1.83 bits per heavy atom. The molecule has 1 saturated carbocycles. The molecule has 0 radical (unpaired) electrons. The maximum Gasteiger partial charge on any atom is 0.472 e. The molecule has 4 aliphatic heterocycles. The fraction of sp³-hybridized carbons (Fsp3) is 0.524. The van der Waals surface area contributed by atoms with Crippen LogP contribution in [0.1, 0.15) is 11.6 Å². The van der Waals surface area contributed by atoms with Crippen LogP contribution in [0.25, 0.3) is 22.3 Å². The summed E-state index contributed by atoms with van der Waals surface area (Å²) in [5.41, 5.74) is 9.04. The molecule has 5 fully saturated rings. The molecule has 220 valence electrons. The average Bonchev–Trinajstić information content (AvgIpc) is 3.53. The molecule has 0 amide bonds. The third-order valence-corrected chi connectivity index (χ3v) is 11.1. The van der Waals surface area contributed by atoms with E-state index >= 15 is 0 Å². The van der Waals surface area contributed by atoms with Crippen molar-refractivity contribution >= 4 is 53.7 Å². The average molecular weight is 621 g/mol. The molecule has 9 rings (SSSR count). The highest BCUT2D eigenvalue weighted by molar-refractivity contribution is 8.00. The molecule has 5 aliphatic rings. The smallest absolute Gasteiger partial charge is 0.387 e. The van der Waals surface area contributed by atoms with Crippen LogP contribution in [0.5, 0.6) is 0 Å². The predicted octanol–water partition coefficient (Wildman–Crippen LogP) is -1.38. The van der Waals surface area contributed by atoms with E-state index in [1.807, 2.05) is 0 Å². The molecule has 8 heterocycles. The number of nitrogens with two attached hydrogens (primary N) is 2. The monoisotopic (exact) mass is 620 g/mol. The Labute approximate surface area is 237 Å². The van der Waals surface area contributed by atoms with Crippen molar-refractivity contribution in [3.8, 4) is 0 Å². The molecular formula is C21H21N10O9PS. The molecule has 7 N–H and O–H groups in total. The van der Waals surface area contributed by atoms with E-state index in [2.05, 4.69) is 29.9 Å². The van der Waals surface area contributed by atoms with Gasteiger partial charge in [0.05, 0.1) is 31.8 Å². The quantitative estimate of drug-likeness (QED) is 0.162. The summed E-state index contributed by atoms with van der Waals surface area (Å²) in [4.78, 5) is 46.2. The second-order valence-corrected chi connectivity index (χ2v) is 13.3. The number of thioether (sulfide) groups is 1. The zero-order valence-corrected chi connectivity index (χ0v) is 22.8. The van der Waals surface area contributed by atoms with Crippen LogP contribution in [0.2, 0.25) is 0 Å². The lowest BCUT2D eigenvalue weighted by molar-refractivity contribution is -0.272. The minimum Gasteiger partial charge on any atom is -0.387 e. The number of aliphatic hydroxyl groups is 1. The van der Waals surface area contributed by atoms with E-state index in [9.17, 15) is 19.4 Å². The number of aromatic amines is 1. The Morgan fingerprint density at radius 3 is 2.69 bits per heavy atom. The number of imidazole rings is 2. The van der Waals surface area contributed by atoms with Crippen molar-refractivity contribution < 1.29 is 37.8 Å². The summed E-state index contributed by atoms with van der Waals surface area (Å²) < 4.78 is 46.4. The van der Waals surface area contributed by atoms with Gasteiger partial charge >= 0.3 is 7.82 Å². The minimum atomic E-state index is -4.80. The lowest BCUT2D eigenvalue weighted by atomic mass is 10.0. The summed E-state index contributed by atoms with van der Waals surface area (Å²) in [7, 11) is -4.80. The maximum atomic E-state index is 13.3. The second kappa shape index (κ2) is 8.04. The van der Waals surface area contributed by atoms with E-state index in [4.69, 9.17) is 34.7 Å². The van der Waals surface area contributed by atoms with Gasteiger partial charge in [0, 0.05) is 0 Å². The molecular weight excluding hydrogens is 599 g/mol. The van der Waals surface area contributed by atoms with Crippen molar-refractivity contribution in [1.29, 1.82) is 0 Å². The Kier molecular flexibility index (Phi) is 4.84. The number of anilines is 2. The van der Waals surface area contributed by atoms with Gasteiger partial charge in [0.1, 0.15) is 52.2 Å². The molecule has 4 aromatic heterocycles. The molecule has 21 heteroatoms. The first kappa shape index (κ1) is 25.3. The van der Waals surface area contributed by atoms with Crippen molar-refractivity contribution in [2.24, 2.45) is 5.92 Å². The number of ether oxygens (including phenoxy) is 3. The highest BCUT2D eigenvalue weighted by atomic mass is 32.2. The summed E-state index contributed by atoms with van der Waals surface area (Å²) in [5, 5.41) is 10.3. The van der Waals surface area contributed by atoms with E-state index in [1.54, 1.807) is 4.57 Å². The Morgan fingerprint density at radius 1 is 1.05 bits per heavy atom. The van der Waals surface area contributed by atoms with Gasteiger partial charge in [0.25, 0.3) is 5.56 Å². The fourth-order valence-corrected chi connectivity index (χ4v) is 9.19. The number of fused-ring (bicyclic) bond motifs is 4. The number of phosphoric acid groups is 1.